The van der Waals surface area contributed by atoms with Crippen LogP contribution in [0.4, 0.5) is 8.78 Å². The van der Waals surface area contributed by atoms with E-state index < -0.39 is 5.92 Å². The molecule has 0 saturated carbocycles. The lowest BCUT2D eigenvalue weighted by molar-refractivity contribution is -0.00614. The first-order valence-electron chi connectivity index (χ1n) is 12.2. The maximum Gasteiger partial charge on any atom is 0.251 e. The van der Waals surface area contributed by atoms with Crippen molar-refractivity contribution in [1.82, 2.24) is 4.98 Å². The van der Waals surface area contributed by atoms with Crippen LogP contribution in [0.15, 0.2) is 54.6 Å². The number of alkyl halides is 2. The van der Waals surface area contributed by atoms with Gasteiger partial charge in [0.15, 0.2) is 6.79 Å². The van der Waals surface area contributed by atoms with Crippen molar-refractivity contribution >= 4 is 5.57 Å². The summed E-state index contributed by atoms with van der Waals surface area (Å²) in [7, 11) is 1.54. The molecule has 1 aliphatic carbocycles. The molecule has 0 saturated heterocycles. The molecule has 1 aromatic heterocycles. The predicted octanol–water partition coefficient (Wildman–Crippen LogP) is 7.36. The minimum Gasteiger partial charge on any atom is -0.489 e. The van der Waals surface area contributed by atoms with E-state index in [2.05, 4.69) is 39.0 Å². The fourth-order valence-corrected chi connectivity index (χ4v) is 4.50. The van der Waals surface area contributed by atoms with E-state index in [0.29, 0.717) is 24.5 Å². The summed E-state index contributed by atoms with van der Waals surface area (Å²) in [5.41, 5.74) is 7.98. The molecule has 4 nitrogen and oxygen atoms in total. The Morgan fingerprint density at radius 2 is 1.72 bits per heavy atom. The Hall–Kier alpha value is -3.25. The van der Waals surface area contributed by atoms with Crippen molar-refractivity contribution in [2.75, 3.05) is 13.9 Å². The first-order chi connectivity index (χ1) is 17.3. The summed E-state index contributed by atoms with van der Waals surface area (Å²) in [4.78, 5) is 4.88. The minimum atomic E-state index is -2.66. The molecule has 6 heteroatoms. The summed E-state index contributed by atoms with van der Waals surface area (Å²) in [6.07, 6.45) is 2.01. The zero-order chi connectivity index (χ0) is 25.7. The minimum absolute atomic E-state index is 0.0688. The number of aromatic nitrogens is 1. The van der Waals surface area contributed by atoms with Gasteiger partial charge in [-0.2, -0.15) is 0 Å². The molecule has 0 amide bonds. The molecular weight excluding hydrogens is 460 g/mol. The van der Waals surface area contributed by atoms with E-state index >= 15 is 0 Å². The van der Waals surface area contributed by atoms with Crippen molar-refractivity contribution in [1.29, 1.82) is 0 Å². The molecule has 4 rings (SSSR count). The molecule has 0 spiro atoms. The van der Waals surface area contributed by atoms with Crippen molar-refractivity contribution in [2.24, 2.45) is 0 Å². The molecule has 0 atom stereocenters. The van der Waals surface area contributed by atoms with Crippen LogP contribution in [0, 0.1) is 20.8 Å². The summed E-state index contributed by atoms with van der Waals surface area (Å²) >= 11 is 0. The lowest BCUT2D eigenvalue weighted by atomic mass is 9.92. The summed E-state index contributed by atoms with van der Waals surface area (Å²) < 4.78 is 44.4. The van der Waals surface area contributed by atoms with Gasteiger partial charge in [-0.05, 0) is 78.8 Å². The fourth-order valence-electron chi connectivity index (χ4n) is 4.50. The van der Waals surface area contributed by atoms with Gasteiger partial charge >= 0.3 is 0 Å². The second-order valence-electron chi connectivity index (χ2n) is 9.36. The van der Waals surface area contributed by atoms with E-state index in [4.69, 9.17) is 19.2 Å². The number of allylic oxidation sites excluding steroid dienone is 2. The number of benzene rings is 2. The van der Waals surface area contributed by atoms with Crippen molar-refractivity contribution in [3.63, 3.8) is 0 Å². The molecule has 1 aliphatic rings. The molecular formula is C30H33F2NO3. The second-order valence-corrected chi connectivity index (χ2v) is 9.36. The van der Waals surface area contributed by atoms with Crippen molar-refractivity contribution in [3.8, 4) is 11.5 Å². The Morgan fingerprint density at radius 3 is 2.42 bits per heavy atom. The molecule has 2 aromatic carbocycles. The molecule has 0 N–H and O–H groups in total. The quantitative estimate of drug-likeness (QED) is 0.292. The highest BCUT2D eigenvalue weighted by Crippen LogP contribution is 2.39. The van der Waals surface area contributed by atoms with E-state index in [-0.39, 0.29) is 26.1 Å². The number of methoxy groups -OCH3 is 1. The van der Waals surface area contributed by atoms with Crippen molar-refractivity contribution in [2.45, 2.75) is 59.0 Å². The highest BCUT2D eigenvalue weighted by atomic mass is 19.3. The third kappa shape index (κ3) is 6.11. The SMILES string of the molecule is COCOc1ccc(Cc2c(C)cc(OCc3ccccc3)c(C)c2C)nc1C1=CCC(F)(F)CC1. The molecule has 190 valence electrons. The molecule has 0 bridgehead atoms. The summed E-state index contributed by atoms with van der Waals surface area (Å²) in [6, 6.07) is 16.0. The van der Waals surface area contributed by atoms with Crippen LogP contribution < -0.4 is 9.47 Å². The number of hydrogen-bond acceptors (Lipinski definition) is 4. The van der Waals surface area contributed by atoms with E-state index in [0.717, 1.165) is 39.3 Å². The van der Waals surface area contributed by atoms with Gasteiger partial charge in [0.1, 0.15) is 23.8 Å². The molecule has 0 radical (unpaired) electrons. The highest BCUT2D eigenvalue weighted by molar-refractivity contribution is 5.68. The van der Waals surface area contributed by atoms with Crippen LogP contribution in [0.25, 0.3) is 5.57 Å². The number of aryl methyl sites for hydroxylation is 1. The predicted molar refractivity (Wildman–Crippen MR) is 138 cm³/mol. The molecule has 0 unspecified atom stereocenters. The molecule has 1 heterocycles. The van der Waals surface area contributed by atoms with E-state index in [1.165, 1.54) is 5.56 Å². The first-order valence-corrected chi connectivity index (χ1v) is 12.2. The van der Waals surface area contributed by atoms with E-state index in [9.17, 15) is 8.78 Å². The Balaban J connectivity index is 1.60. The van der Waals surface area contributed by atoms with Crippen LogP contribution in [0.3, 0.4) is 0 Å². The van der Waals surface area contributed by atoms with Crippen molar-refractivity contribution < 1.29 is 23.0 Å². The van der Waals surface area contributed by atoms with Crippen molar-refractivity contribution in [3.05, 3.63) is 93.8 Å². The fraction of sp³-hybridized carbons (Fsp3) is 0.367. The van der Waals surface area contributed by atoms with Crippen LogP contribution in [-0.4, -0.2) is 24.8 Å². The number of ether oxygens (including phenoxy) is 3. The molecule has 0 fully saturated rings. The molecule has 0 aliphatic heterocycles. The van der Waals surface area contributed by atoms with Gasteiger partial charge in [0.25, 0.3) is 5.92 Å². The monoisotopic (exact) mass is 493 g/mol. The average molecular weight is 494 g/mol. The van der Waals surface area contributed by atoms with Crippen LogP contribution >= 0.6 is 0 Å². The Kier molecular flexibility index (Phi) is 8.04. The molecule has 36 heavy (non-hydrogen) atoms. The number of hydrogen-bond donors (Lipinski definition) is 0. The Labute approximate surface area is 211 Å². The maximum absolute atomic E-state index is 13.7. The second kappa shape index (κ2) is 11.2. The number of nitrogens with zero attached hydrogens (tertiary/aromatic N) is 1. The first kappa shape index (κ1) is 25.8. The largest absolute Gasteiger partial charge is 0.489 e. The van der Waals surface area contributed by atoms with Crippen LogP contribution in [0.2, 0.25) is 0 Å². The van der Waals surface area contributed by atoms with Gasteiger partial charge in [0.05, 0.1) is 0 Å². The standard InChI is InChI=1S/C30H33F2NO3/c1-20-16-28(35-18-23-8-6-5-7-9-23)22(3)21(2)26(20)17-25-10-11-27(36-19-34-4)29(33-25)24-12-14-30(31,32)15-13-24/h5-12,16H,13-15,17-19H2,1-4H3. The number of halogens is 2. The number of pyridine rings is 1. The Morgan fingerprint density at radius 1 is 0.944 bits per heavy atom. The third-order valence-corrected chi connectivity index (χ3v) is 6.76. The zero-order valence-corrected chi connectivity index (χ0v) is 21.4. The van der Waals surface area contributed by atoms with Gasteiger partial charge in [-0.1, -0.05) is 36.4 Å². The Bertz CT molecular complexity index is 1240. The topological polar surface area (TPSA) is 40.6 Å². The smallest absolute Gasteiger partial charge is 0.251 e. The summed E-state index contributed by atoms with van der Waals surface area (Å²) in [5, 5.41) is 0. The van der Waals surface area contributed by atoms with Crippen LogP contribution in [0.5, 0.6) is 11.5 Å². The van der Waals surface area contributed by atoms with Gasteiger partial charge in [0, 0.05) is 32.1 Å². The van der Waals surface area contributed by atoms with Crippen LogP contribution in [0.1, 0.15) is 58.5 Å². The summed E-state index contributed by atoms with van der Waals surface area (Å²) in [5.74, 6) is -1.24. The number of rotatable bonds is 9. The van der Waals surface area contributed by atoms with Gasteiger partial charge in [0.2, 0.25) is 0 Å². The van der Waals surface area contributed by atoms with Gasteiger partial charge in [-0.25, -0.2) is 13.8 Å². The van der Waals surface area contributed by atoms with Gasteiger partial charge < -0.3 is 14.2 Å². The van der Waals surface area contributed by atoms with E-state index in [1.54, 1.807) is 13.2 Å². The van der Waals surface area contributed by atoms with Gasteiger partial charge in [-0.3, -0.25) is 0 Å². The van der Waals surface area contributed by atoms with Gasteiger partial charge in [-0.15, -0.1) is 0 Å². The molecule has 3 aromatic rings. The van der Waals surface area contributed by atoms with E-state index in [1.807, 2.05) is 30.3 Å². The maximum atomic E-state index is 13.7. The normalized spacial score (nSPS) is 14.9. The third-order valence-electron chi connectivity index (χ3n) is 6.76. The lowest BCUT2D eigenvalue weighted by Crippen LogP contribution is -2.19. The summed E-state index contributed by atoms with van der Waals surface area (Å²) in [6.45, 7) is 6.85. The highest BCUT2D eigenvalue weighted by Gasteiger charge is 2.32. The average Bonchev–Trinajstić information content (AvgIpc) is 2.87. The lowest BCUT2D eigenvalue weighted by Gasteiger charge is -2.23. The van der Waals surface area contributed by atoms with Crippen LogP contribution in [-0.2, 0) is 17.8 Å². The zero-order valence-electron chi connectivity index (χ0n) is 21.4.